The Morgan fingerprint density at radius 3 is 2.46 bits per heavy atom. The Kier molecular flexibility index (Phi) is 3.96. The zero-order valence-corrected chi connectivity index (χ0v) is 16.9. The molecule has 3 fully saturated rings. The molecule has 28 heavy (non-hydrogen) atoms. The van der Waals surface area contributed by atoms with Crippen LogP contribution in [0.15, 0.2) is 11.8 Å². The average molecular weight is 392 g/mol. The van der Waals surface area contributed by atoms with E-state index in [1.165, 1.54) is 14.0 Å². The summed E-state index contributed by atoms with van der Waals surface area (Å²) >= 11 is 0. The molecule has 1 heterocycles. The minimum Gasteiger partial charge on any atom is -0.493 e. The number of ether oxygens (including phenoxy) is 2. The Bertz CT molecular complexity index is 799. The van der Waals surface area contributed by atoms with E-state index in [1.54, 1.807) is 13.0 Å². The topological polar surface area (TPSA) is 110 Å². The predicted molar refractivity (Wildman–Crippen MR) is 96.7 cm³/mol. The first-order valence-corrected chi connectivity index (χ1v) is 9.86. The molecule has 1 saturated heterocycles. The van der Waals surface area contributed by atoms with Gasteiger partial charge < -0.3 is 19.7 Å². The molecule has 154 valence electrons. The van der Waals surface area contributed by atoms with E-state index in [9.17, 15) is 24.6 Å². The van der Waals surface area contributed by atoms with E-state index < -0.39 is 52.2 Å². The highest BCUT2D eigenvalue weighted by Crippen LogP contribution is 2.67. The molecular weight excluding hydrogens is 364 g/mol. The number of hydrogen-bond donors (Lipinski definition) is 2. The lowest BCUT2D eigenvalue weighted by Crippen LogP contribution is -2.76. The monoisotopic (exact) mass is 392 g/mol. The molecule has 0 radical (unpaired) electrons. The molecule has 0 bridgehead atoms. The van der Waals surface area contributed by atoms with Crippen molar-refractivity contribution in [3.05, 3.63) is 11.8 Å². The maximum atomic E-state index is 13.5. The van der Waals surface area contributed by atoms with Crippen molar-refractivity contribution < 1.29 is 34.1 Å². The van der Waals surface area contributed by atoms with Crippen molar-refractivity contribution in [3.8, 4) is 0 Å². The quantitative estimate of drug-likeness (QED) is 0.641. The van der Waals surface area contributed by atoms with Gasteiger partial charge in [0, 0.05) is 22.7 Å². The van der Waals surface area contributed by atoms with Gasteiger partial charge in [0.15, 0.2) is 11.5 Å². The molecule has 4 rings (SSSR count). The molecule has 2 N–H and O–H groups in total. The maximum absolute atomic E-state index is 13.5. The van der Waals surface area contributed by atoms with Crippen LogP contribution in [0.4, 0.5) is 0 Å². The first kappa shape index (κ1) is 19.6. The Hall–Kier alpha value is -1.73. The number of aliphatic hydroxyl groups excluding tert-OH is 1. The fraction of sp³-hybridized carbons (Fsp3) is 0.762. The Labute approximate surface area is 164 Å². The van der Waals surface area contributed by atoms with Crippen LogP contribution in [0.25, 0.3) is 0 Å². The number of hydrogen-bond acceptors (Lipinski definition) is 7. The van der Waals surface area contributed by atoms with Crippen molar-refractivity contribution in [1.29, 1.82) is 0 Å². The average Bonchev–Trinajstić information content (AvgIpc) is 2.62. The minimum atomic E-state index is -1.77. The van der Waals surface area contributed by atoms with Crippen molar-refractivity contribution in [2.75, 3.05) is 7.11 Å². The number of fused-ring (bicyclic) bond motifs is 2. The molecular formula is C21H28O7. The maximum Gasteiger partial charge on any atom is 0.306 e. The van der Waals surface area contributed by atoms with Gasteiger partial charge in [0.2, 0.25) is 5.78 Å². The van der Waals surface area contributed by atoms with Crippen LogP contribution in [-0.2, 0) is 23.9 Å². The van der Waals surface area contributed by atoms with Crippen LogP contribution < -0.4 is 0 Å². The van der Waals surface area contributed by atoms with Gasteiger partial charge in [-0.15, -0.1) is 0 Å². The molecule has 0 unspecified atom stereocenters. The summed E-state index contributed by atoms with van der Waals surface area (Å²) < 4.78 is 11.0. The van der Waals surface area contributed by atoms with Crippen LogP contribution in [0.2, 0.25) is 0 Å². The number of ketones is 2. The minimum absolute atomic E-state index is 0.0753. The Balaban J connectivity index is 1.96. The number of rotatable bonds is 1. The highest BCUT2D eigenvalue weighted by molar-refractivity contribution is 6.04. The molecule has 7 heteroatoms. The van der Waals surface area contributed by atoms with Gasteiger partial charge in [0.25, 0.3) is 0 Å². The van der Waals surface area contributed by atoms with Crippen LogP contribution in [0.5, 0.6) is 0 Å². The molecule has 0 spiro atoms. The molecule has 4 aliphatic rings. The van der Waals surface area contributed by atoms with Gasteiger partial charge in [-0.25, -0.2) is 0 Å². The summed E-state index contributed by atoms with van der Waals surface area (Å²) in [6, 6.07) is 0. The Morgan fingerprint density at radius 1 is 1.21 bits per heavy atom. The van der Waals surface area contributed by atoms with Crippen molar-refractivity contribution in [2.24, 2.45) is 34.5 Å². The summed E-state index contributed by atoms with van der Waals surface area (Å²) in [5.41, 5.74) is -3.83. The lowest BCUT2D eigenvalue weighted by atomic mass is 9.38. The van der Waals surface area contributed by atoms with Crippen molar-refractivity contribution in [3.63, 3.8) is 0 Å². The van der Waals surface area contributed by atoms with E-state index in [0.717, 1.165) is 0 Å². The van der Waals surface area contributed by atoms with Crippen LogP contribution in [0.1, 0.15) is 40.5 Å². The molecule has 0 aromatic heterocycles. The second kappa shape index (κ2) is 5.66. The van der Waals surface area contributed by atoms with E-state index in [2.05, 4.69) is 0 Å². The SMILES string of the molecule is COC1=C[C@@H](C)[C@@H]2C[C@H]3OC(=O)C[C@H]4[C@](C)(O)[C@@H](O)C(=O)[C@H]([C@@]2(C)C1=O)[C@@]34C. The van der Waals surface area contributed by atoms with Gasteiger partial charge in [-0.1, -0.05) is 20.8 Å². The van der Waals surface area contributed by atoms with Gasteiger partial charge in [0.05, 0.1) is 19.1 Å². The summed E-state index contributed by atoms with van der Waals surface area (Å²) in [4.78, 5) is 39.2. The molecule has 3 aliphatic carbocycles. The third-order valence-electron chi connectivity index (χ3n) is 8.34. The number of esters is 1. The van der Waals surface area contributed by atoms with Crippen LogP contribution in [-0.4, -0.2) is 52.7 Å². The lowest BCUT2D eigenvalue weighted by molar-refractivity contribution is -0.267. The standard InChI is InChI=1S/C21H28O7/c1-9-6-11(27-5)17(24)19(2)10(9)7-13-20(3)12(8-14(22)28-13)21(4,26)18(25)15(23)16(19)20/h6,9-10,12-13,16,18,25-26H,7-8H2,1-5H3/t9-,10+,12-,13-,16-,18+,19+,20-,21+/m1/s1. The van der Waals surface area contributed by atoms with Crippen LogP contribution in [0, 0.1) is 34.5 Å². The van der Waals surface area contributed by atoms with Crippen LogP contribution in [0.3, 0.4) is 0 Å². The number of allylic oxidation sites excluding steroid dienone is 2. The van der Waals surface area contributed by atoms with Gasteiger partial charge in [-0.3, -0.25) is 14.4 Å². The number of aliphatic hydroxyl groups is 2. The Morgan fingerprint density at radius 2 is 1.86 bits per heavy atom. The lowest BCUT2D eigenvalue weighted by Gasteiger charge is -2.67. The molecule has 2 saturated carbocycles. The fourth-order valence-corrected chi connectivity index (χ4v) is 6.96. The van der Waals surface area contributed by atoms with E-state index >= 15 is 0 Å². The van der Waals surface area contributed by atoms with Crippen molar-refractivity contribution >= 4 is 17.5 Å². The highest BCUT2D eigenvalue weighted by Gasteiger charge is 2.75. The predicted octanol–water partition coefficient (Wildman–Crippen LogP) is 1.01. The summed E-state index contributed by atoms with van der Waals surface area (Å²) in [6.07, 6.45) is -0.182. The second-order valence-corrected chi connectivity index (χ2v) is 9.61. The number of carbonyl (C=O) groups is 3. The largest absolute Gasteiger partial charge is 0.493 e. The highest BCUT2D eigenvalue weighted by atomic mass is 16.5. The van der Waals surface area contributed by atoms with Gasteiger partial charge in [-0.2, -0.15) is 0 Å². The molecule has 9 atom stereocenters. The number of methoxy groups -OCH3 is 1. The second-order valence-electron chi connectivity index (χ2n) is 9.61. The summed E-state index contributed by atoms with van der Waals surface area (Å²) in [5.74, 6) is -2.94. The van der Waals surface area contributed by atoms with E-state index in [-0.39, 0.29) is 29.8 Å². The van der Waals surface area contributed by atoms with Crippen LogP contribution >= 0.6 is 0 Å². The summed E-state index contributed by atoms with van der Waals surface area (Å²) in [6.45, 7) is 6.95. The normalized spacial score (nSPS) is 53.0. The van der Waals surface area contributed by atoms with Crippen molar-refractivity contribution in [2.45, 2.75) is 58.3 Å². The van der Waals surface area contributed by atoms with E-state index in [1.807, 2.05) is 13.8 Å². The first-order chi connectivity index (χ1) is 12.9. The summed E-state index contributed by atoms with van der Waals surface area (Å²) in [5, 5.41) is 21.8. The summed E-state index contributed by atoms with van der Waals surface area (Å²) in [7, 11) is 1.43. The van der Waals surface area contributed by atoms with Gasteiger partial charge in [0.1, 0.15) is 12.2 Å². The third kappa shape index (κ3) is 2.04. The zero-order chi connectivity index (χ0) is 20.8. The van der Waals surface area contributed by atoms with E-state index in [0.29, 0.717) is 6.42 Å². The molecule has 0 aromatic carbocycles. The third-order valence-corrected chi connectivity index (χ3v) is 8.34. The smallest absolute Gasteiger partial charge is 0.306 e. The number of Topliss-reactive ketones (excluding diaryl/α,β-unsaturated/α-hetero) is 2. The molecule has 0 aromatic rings. The van der Waals surface area contributed by atoms with Gasteiger partial charge >= 0.3 is 5.97 Å². The van der Waals surface area contributed by atoms with Gasteiger partial charge in [-0.05, 0) is 31.3 Å². The molecule has 1 aliphatic heterocycles. The number of carbonyl (C=O) groups excluding carboxylic acids is 3. The molecule has 7 nitrogen and oxygen atoms in total. The van der Waals surface area contributed by atoms with E-state index in [4.69, 9.17) is 9.47 Å². The zero-order valence-electron chi connectivity index (χ0n) is 16.9. The molecule has 0 amide bonds. The first-order valence-electron chi connectivity index (χ1n) is 9.86. The van der Waals surface area contributed by atoms with Crippen molar-refractivity contribution in [1.82, 2.24) is 0 Å². The fourth-order valence-electron chi connectivity index (χ4n) is 6.96.